The first-order chi connectivity index (χ1) is 9.88. The van der Waals surface area contributed by atoms with Crippen LogP contribution >= 0.6 is 11.6 Å². The fourth-order valence-electron chi connectivity index (χ4n) is 1.71. The van der Waals surface area contributed by atoms with Crippen LogP contribution in [0, 0.1) is 0 Å². The number of benzene rings is 1. The van der Waals surface area contributed by atoms with Crippen molar-refractivity contribution in [1.82, 2.24) is 4.90 Å². The quantitative estimate of drug-likeness (QED) is 0.568. The molecule has 1 aromatic carbocycles. The van der Waals surface area contributed by atoms with Gasteiger partial charge in [-0.2, -0.15) is 4.99 Å². The van der Waals surface area contributed by atoms with Gasteiger partial charge in [0, 0.05) is 18.7 Å². The van der Waals surface area contributed by atoms with E-state index in [1.54, 1.807) is 23.1 Å². The Kier molecular flexibility index (Phi) is 5.98. The number of hydrogen-bond donors (Lipinski definition) is 3. The van der Waals surface area contributed by atoms with Gasteiger partial charge in [-0.1, -0.05) is 11.6 Å². The first kappa shape index (κ1) is 16.8. The Morgan fingerprint density at radius 1 is 1.24 bits per heavy atom. The number of amides is 1. The Morgan fingerprint density at radius 2 is 1.86 bits per heavy atom. The van der Waals surface area contributed by atoms with Crippen molar-refractivity contribution >= 4 is 35.1 Å². The molecule has 0 unspecified atom stereocenters. The van der Waals surface area contributed by atoms with E-state index in [4.69, 9.17) is 28.8 Å². The number of hydrogen-bond acceptors (Lipinski definition) is 2. The predicted molar refractivity (Wildman–Crippen MR) is 85.8 cm³/mol. The maximum absolute atomic E-state index is 12.3. The highest BCUT2D eigenvalue weighted by molar-refractivity contribution is 6.33. The van der Waals surface area contributed by atoms with Gasteiger partial charge >= 0.3 is 0 Å². The lowest BCUT2D eigenvalue weighted by molar-refractivity contribution is 0.0773. The molecule has 0 aliphatic rings. The summed E-state index contributed by atoms with van der Waals surface area (Å²) >= 11 is 6.03. The maximum Gasteiger partial charge on any atom is 0.253 e. The van der Waals surface area contributed by atoms with E-state index in [1.165, 1.54) is 0 Å². The molecule has 0 atom stereocenters. The molecule has 0 saturated carbocycles. The van der Waals surface area contributed by atoms with Crippen LogP contribution in [-0.4, -0.2) is 35.8 Å². The second kappa shape index (κ2) is 7.49. The summed E-state index contributed by atoms with van der Waals surface area (Å²) in [5.74, 6) is -0.444. The van der Waals surface area contributed by atoms with Crippen LogP contribution in [0.25, 0.3) is 0 Å². The second-order valence-electron chi connectivity index (χ2n) is 4.15. The van der Waals surface area contributed by atoms with Gasteiger partial charge in [0.1, 0.15) is 0 Å². The maximum atomic E-state index is 12.3. The highest BCUT2D eigenvalue weighted by atomic mass is 35.5. The van der Waals surface area contributed by atoms with Gasteiger partial charge in [-0.3, -0.25) is 4.79 Å². The smallest absolute Gasteiger partial charge is 0.253 e. The van der Waals surface area contributed by atoms with Crippen LogP contribution < -0.4 is 17.2 Å². The number of nitrogens with two attached hydrogens (primary N) is 3. The van der Waals surface area contributed by atoms with Gasteiger partial charge in [-0.15, -0.1) is 0 Å². The molecule has 0 radical (unpaired) electrons. The van der Waals surface area contributed by atoms with E-state index in [9.17, 15) is 4.79 Å². The van der Waals surface area contributed by atoms with Crippen molar-refractivity contribution in [2.24, 2.45) is 27.2 Å². The largest absolute Gasteiger partial charge is 0.370 e. The molecule has 8 heteroatoms. The lowest BCUT2D eigenvalue weighted by Crippen LogP contribution is -2.30. The number of halogens is 1. The highest BCUT2D eigenvalue weighted by Gasteiger charge is 2.14. The lowest BCUT2D eigenvalue weighted by atomic mass is 10.1. The molecule has 114 valence electrons. The van der Waals surface area contributed by atoms with Crippen molar-refractivity contribution in [3.05, 3.63) is 28.8 Å². The number of carbonyl (C=O) groups is 1. The summed E-state index contributed by atoms with van der Waals surface area (Å²) in [5.41, 5.74) is 16.8. The fraction of sp³-hybridized carbons (Fsp3) is 0.308. The molecule has 0 spiro atoms. The zero-order valence-corrected chi connectivity index (χ0v) is 12.8. The van der Waals surface area contributed by atoms with Gasteiger partial charge in [-0.25, -0.2) is 4.99 Å². The minimum absolute atomic E-state index is 0.103. The molecule has 0 aromatic heterocycles. The molecule has 0 bridgehead atoms. The Balaban J connectivity index is 3.17. The van der Waals surface area contributed by atoms with Gasteiger partial charge in [0.15, 0.2) is 5.96 Å². The summed E-state index contributed by atoms with van der Waals surface area (Å²) in [5, 5.41) is 0.347. The normalized spacial score (nSPS) is 11.1. The number of aliphatic imine (C=N–C) groups is 2. The first-order valence-electron chi connectivity index (χ1n) is 6.41. The summed E-state index contributed by atoms with van der Waals surface area (Å²) in [6.07, 6.45) is 0. The van der Waals surface area contributed by atoms with Crippen LogP contribution in [0.1, 0.15) is 24.2 Å². The van der Waals surface area contributed by atoms with Gasteiger partial charge in [0.05, 0.1) is 10.7 Å². The summed E-state index contributed by atoms with van der Waals surface area (Å²) in [7, 11) is 0. The number of guanidine groups is 2. The molecular weight excluding hydrogens is 292 g/mol. The minimum Gasteiger partial charge on any atom is -0.370 e. The van der Waals surface area contributed by atoms with Crippen LogP contribution in [0.3, 0.4) is 0 Å². The molecular formula is C13H19ClN6O. The first-order valence-corrected chi connectivity index (χ1v) is 6.79. The van der Waals surface area contributed by atoms with E-state index in [-0.39, 0.29) is 17.8 Å². The number of rotatable bonds is 4. The molecule has 0 fully saturated rings. The third kappa shape index (κ3) is 4.64. The molecule has 6 N–H and O–H groups in total. The van der Waals surface area contributed by atoms with E-state index in [1.807, 2.05) is 13.8 Å². The number of carbonyl (C=O) groups excluding carboxylic acids is 1. The SMILES string of the molecule is CCN(CC)C(=O)c1ccc(Cl)c(N=C(N)N=C(N)N)c1. The summed E-state index contributed by atoms with van der Waals surface area (Å²) in [4.78, 5) is 21.6. The third-order valence-corrected chi connectivity index (χ3v) is 3.04. The van der Waals surface area contributed by atoms with Crippen molar-refractivity contribution in [2.45, 2.75) is 13.8 Å². The second-order valence-corrected chi connectivity index (χ2v) is 4.56. The monoisotopic (exact) mass is 310 g/mol. The van der Waals surface area contributed by atoms with E-state index >= 15 is 0 Å². The molecule has 7 nitrogen and oxygen atoms in total. The Bertz CT molecular complexity index is 576. The predicted octanol–water partition coefficient (Wildman–Crippen LogP) is 1.04. The molecule has 1 rings (SSSR count). The van der Waals surface area contributed by atoms with E-state index < -0.39 is 0 Å². The molecule has 0 heterocycles. The zero-order valence-electron chi connectivity index (χ0n) is 12.0. The summed E-state index contributed by atoms with van der Waals surface area (Å²) < 4.78 is 0. The standard InChI is InChI=1S/C13H19ClN6O/c1-3-20(4-2)11(21)8-5-6-9(14)10(7-8)18-13(17)19-12(15)16/h5-7H,3-4H2,1-2H3,(H6,15,16,17,18,19). The summed E-state index contributed by atoms with van der Waals surface area (Å²) in [6.45, 7) is 5.06. The Labute approximate surface area is 128 Å². The zero-order chi connectivity index (χ0) is 16.0. The van der Waals surface area contributed by atoms with E-state index in [2.05, 4.69) is 9.98 Å². The summed E-state index contributed by atoms with van der Waals surface area (Å²) in [6, 6.07) is 4.77. The Hall–Kier alpha value is -2.28. The molecule has 0 saturated heterocycles. The molecule has 1 amide bonds. The number of nitrogens with zero attached hydrogens (tertiary/aromatic N) is 3. The van der Waals surface area contributed by atoms with Crippen molar-refractivity contribution < 1.29 is 4.79 Å². The van der Waals surface area contributed by atoms with Crippen molar-refractivity contribution in [1.29, 1.82) is 0 Å². The van der Waals surface area contributed by atoms with Crippen LogP contribution in [0.15, 0.2) is 28.2 Å². The third-order valence-electron chi connectivity index (χ3n) is 2.72. The van der Waals surface area contributed by atoms with Gasteiger partial charge in [-0.05, 0) is 32.0 Å². The van der Waals surface area contributed by atoms with Gasteiger partial charge < -0.3 is 22.1 Å². The van der Waals surface area contributed by atoms with Crippen molar-refractivity contribution in [2.75, 3.05) is 13.1 Å². The molecule has 1 aromatic rings. The van der Waals surface area contributed by atoms with Crippen LogP contribution in [0.4, 0.5) is 5.69 Å². The molecule has 0 aliphatic carbocycles. The average Bonchev–Trinajstić information content (AvgIpc) is 2.41. The highest BCUT2D eigenvalue weighted by Crippen LogP contribution is 2.26. The van der Waals surface area contributed by atoms with Gasteiger partial charge in [0.25, 0.3) is 5.91 Å². The van der Waals surface area contributed by atoms with Crippen LogP contribution in [0.5, 0.6) is 0 Å². The van der Waals surface area contributed by atoms with Gasteiger partial charge in [0.2, 0.25) is 5.96 Å². The topological polar surface area (TPSA) is 123 Å². The van der Waals surface area contributed by atoms with Crippen LogP contribution in [-0.2, 0) is 0 Å². The van der Waals surface area contributed by atoms with E-state index in [0.717, 1.165) is 0 Å². The van der Waals surface area contributed by atoms with Crippen molar-refractivity contribution in [3.63, 3.8) is 0 Å². The molecule has 0 aliphatic heterocycles. The van der Waals surface area contributed by atoms with Crippen molar-refractivity contribution in [3.8, 4) is 0 Å². The van der Waals surface area contributed by atoms with E-state index in [0.29, 0.717) is 29.4 Å². The minimum atomic E-state index is -0.206. The lowest BCUT2D eigenvalue weighted by Gasteiger charge is -2.18. The molecule has 21 heavy (non-hydrogen) atoms. The fourth-order valence-corrected chi connectivity index (χ4v) is 1.87. The Morgan fingerprint density at radius 3 is 2.38 bits per heavy atom. The average molecular weight is 311 g/mol. The van der Waals surface area contributed by atoms with Crippen LogP contribution in [0.2, 0.25) is 5.02 Å².